The lowest BCUT2D eigenvalue weighted by atomic mass is 10.0. The Hall–Kier alpha value is -1.02. The number of hydrogen-bond acceptors (Lipinski definition) is 2. The zero-order chi connectivity index (χ0) is 9.97. The van der Waals surface area contributed by atoms with Crippen LogP contribution in [0.25, 0.3) is 0 Å². The van der Waals surface area contributed by atoms with Gasteiger partial charge in [-0.15, -0.1) is 0 Å². The Morgan fingerprint density at radius 2 is 2.29 bits per heavy atom. The average Bonchev–Trinajstić information content (AvgIpc) is 2.27. The fraction of sp³-hybridized carbons (Fsp3) is 0.500. The molecule has 0 aromatic heterocycles. The highest BCUT2D eigenvalue weighted by molar-refractivity contribution is 5.39. The van der Waals surface area contributed by atoms with E-state index in [0.29, 0.717) is 6.04 Å². The number of benzene rings is 1. The summed E-state index contributed by atoms with van der Waals surface area (Å²) in [4.78, 5) is 0. The Morgan fingerprint density at radius 1 is 1.43 bits per heavy atom. The molecule has 2 nitrogen and oxygen atoms in total. The van der Waals surface area contributed by atoms with E-state index in [0.717, 1.165) is 25.2 Å². The van der Waals surface area contributed by atoms with Crippen LogP contribution in [-0.4, -0.2) is 13.7 Å². The maximum atomic E-state index is 5.57. The molecule has 0 aliphatic carbocycles. The van der Waals surface area contributed by atoms with Crippen LogP contribution in [0.3, 0.4) is 0 Å². The van der Waals surface area contributed by atoms with Gasteiger partial charge in [-0.2, -0.15) is 0 Å². The molecule has 1 aromatic carbocycles. The minimum absolute atomic E-state index is 0.419. The third-order valence-electron chi connectivity index (χ3n) is 2.87. The zero-order valence-corrected chi connectivity index (χ0v) is 8.84. The first-order chi connectivity index (χ1) is 6.81. The maximum absolute atomic E-state index is 5.57. The summed E-state index contributed by atoms with van der Waals surface area (Å²) in [5, 5.41) is 3.25. The lowest BCUT2D eigenvalue weighted by molar-refractivity contribution is 0.288. The molecule has 1 heterocycles. The maximum Gasteiger partial charge on any atom is 0.122 e. The van der Waals surface area contributed by atoms with Crippen molar-refractivity contribution in [2.24, 2.45) is 0 Å². The smallest absolute Gasteiger partial charge is 0.122 e. The minimum Gasteiger partial charge on any atom is -0.493 e. The quantitative estimate of drug-likeness (QED) is 0.774. The largest absolute Gasteiger partial charge is 0.493 e. The summed E-state index contributed by atoms with van der Waals surface area (Å²) in [5.74, 6) is 1.07. The summed E-state index contributed by atoms with van der Waals surface area (Å²) in [7, 11) is 1.99. The van der Waals surface area contributed by atoms with Crippen LogP contribution in [0.1, 0.15) is 30.5 Å². The topological polar surface area (TPSA) is 21.3 Å². The van der Waals surface area contributed by atoms with Gasteiger partial charge in [0, 0.05) is 6.04 Å². The van der Waals surface area contributed by atoms with Crippen LogP contribution < -0.4 is 10.1 Å². The normalized spacial score (nSPS) is 17.0. The highest BCUT2D eigenvalue weighted by atomic mass is 16.5. The van der Waals surface area contributed by atoms with E-state index in [2.05, 4.69) is 30.4 Å². The van der Waals surface area contributed by atoms with Crippen molar-refractivity contribution in [3.8, 4) is 5.75 Å². The third kappa shape index (κ3) is 1.75. The van der Waals surface area contributed by atoms with Crippen LogP contribution in [0.4, 0.5) is 0 Å². The summed E-state index contributed by atoms with van der Waals surface area (Å²) >= 11 is 0. The highest BCUT2D eigenvalue weighted by Gasteiger charge is 2.12. The van der Waals surface area contributed by atoms with Gasteiger partial charge in [-0.25, -0.2) is 0 Å². The Bertz CT molecular complexity index is 322. The number of aryl methyl sites for hydroxylation is 1. The lowest BCUT2D eigenvalue weighted by Crippen LogP contribution is -2.14. The Balaban J connectivity index is 2.29. The molecule has 14 heavy (non-hydrogen) atoms. The van der Waals surface area contributed by atoms with Crippen LogP contribution in [0, 0.1) is 0 Å². The number of rotatable bonds is 2. The Labute approximate surface area is 85.3 Å². The van der Waals surface area contributed by atoms with Crippen molar-refractivity contribution >= 4 is 0 Å². The molecule has 76 valence electrons. The number of ether oxygens (including phenoxy) is 1. The van der Waals surface area contributed by atoms with Gasteiger partial charge in [-0.1, -0.05) is 12.1 Å². The second-order valence-corrected chi connectivity index (χ2v) is 3.83. The van der Waals surface area contributed by atoms with Crippen molar-refractivity contribution in [3.05, 3.63) is 29.3 Å². The van der Waals surface area contributed by atoms with E-state index in [9.17, 15) is 0 Å². The molecule has 1 aromatic rings. The fourth-order valence-electron chi connectivity index (χ4n) is 1.82. The van der Waals surface area contributed by atoms with Crippen molar-refractivity contribution in [1.29, 1.82) is 0 Å². The van der Waals surface area contributed by atoms with Gasteiger partial charge in [0.2, 0.25) is 0 Å². The molecule has 1 N–H and O–H groups in total. The van der Waals surface area contributed by atoms with Gasteiger partial charge in [0.05, 0.1) is 6.61 Å². The summed E-state index contributed by atoms with van der Waals surface area (Å²) < 4.78 is 5.57. The molecular weight excluding hydrogens is 174 g/mol. The summed E-state index contributed by atoms with van der Waals surface area (Å²) in [6.07, 6.45) is 2.30. The number of nitrogens with one attached hydrogen (secondary N) is 1. The van der Waals surface area contributed by atoms with Gasteiger partial charge in [-0.05, 0) is 44.0 Å². The van der Waals surface area contributed by atoms with Crippen LogP contribution in [0.2, 0.25) is 0 Å². The lowest BCUT2D eigenvalue weighted by Gasteiger charge is -2.19. The SMILES string of the molecule is CNC(C)c1ccc2c(c1)CCCO2. The summed E-state index contributed by atoms with van der Waals surface area (Å²) in [5.41, 5.74) is 2.70. The van der Waals surface area contributed by atoms with Gasteiger partial charge < -0.3 is 10.1 Å². The molecule has 0 spiro atoms. The molecule has 1 atom stereocenters. The first kappa shape index (κ1) is 9.53. The predicted molar refractivity (Wildman–Crippen MR) is 57.7 cm³/mol. The number of hydrogen-bond donors (Lipinski definition) is 1. The molecule has 0 bridgehead atoms. The first-order valence-corrected chi connectivity index (χ1v) is 5.24. The molecule has 0 fully saturated rings. The van der Waals surface area contributed by atoms with Gasteiger partial charge in [0.25, 0.3) is 0 Å². The van der Waals surface area contributed by atoms with E-state index in [1.165, 1.54) is 11.1 Å². The van der Waals surface area contributed by atoms with Crippen LogP contribution >= 0.6 is 0 Å². The second kappa shape index (κ2) is 4.01. The molecule has 1 aliphatic rings. The van der Waals surface area contributed by atoms with E-state index in [4.69, 9.17) is 4.74 Å². The molecule has 0 amide bonds. The zero-order valence-electron chi connectivity index (χ0n) is 8.84. The van der Waals surface area contributed by atoms with E-state index in [1.54, 1.807) is 0 Å². The van der Waals surface area contributed by atoms with Crippen molar-refractivity contribution in [2.75, 3.05) is 13.7 Å². The molecule has 2 rings (SSSR count). The molecule has 1 aliphatic heterocycles. The van der Waals surface area contributed by atoms with Crippen molar-refractivity contribution in [3.63, 3.8) is 0 Å². The van der Waals surface area contributed by atoms with E-state index < -0.39 is 0 Å². The molecular formula is C12H17NO. The van der Waals surface area contributed by atoms with Gasteiger partial charge in [0.15, 0.2) is 0 Å². The van der Waals surface area contributed by atoms with Crippen molar-refractivity contribution in [1.82, 2.24) is 5.32 Å². The average molecular weight is 191 g/mol. The van der Waals surface area contributed by atoms with Crippen molar-refractivity contribution in [2.45, 2.75) is 25.8 Å². The Morgan fingerprint density at radius 3 is 3.07 bits per heavy atom. The van der Waals surface area contributed by atoms with Crippen molar-refractivity contribution < 1.29 is 4.74 Å². The first-order valence-electron chi connectivity index (χ1n) is 5.24. The molecule has 0 saturated heterocycles. The number of fused-ring (bicyclic) bond motifs is 1. The Kier molecular flexibility index (Phi) is 2.73. The summed E-state index contributed by atoms with van der Waals surface area (Å²) in [6.45, 7) is 3.04. The van der Waals surface area contributed by atoms with Crippen LogP contribution in [0.15, 0.2) is 18.2 Å². The van der Waals surface area contributed by atoms with E-state index >= 15 is 0 Å². The van der Waals surface area contributed by atoms with Gasteiger partial charge in [0.1, 0.15) is 5.75 Å². The van der Waals surface area contributed by atoms with Crippen LogP contribution in [0.5, 0.6) is 5.75 Å². The van der Waals surface area contributed by atoms with Gasteiger partial charge >= 0.3 is 0 Å². The second-order valence-electron chi connectivity index (χ2n) is 3.83. The monoisotopic (exact) mass is 191 g/mol. The third-order valence-corrected chi connectivity index (χ3v) is 2.87. The van der Waals surface area contributed by atoms with E-state index in [-0.39, 0.29) is 0 Å². The highest BCUT2D eigenvalue weighted by Crippen LogP contribution is 2.27. The predicted octanol–water partition coefficient (Wildman–Crippen LogP) is 2.29. The van der Waals surface area contributed by atoms with Crippen LogP contribution in [-0.2, 0) is 6.42 Å². The fourth-order valence-corrected chi connectivity index (χ4v) is 1.82. The minimum atomic E-state index is 0.419. The standard InChI is InChI=1S/C12H17NO/c1-9(13-2)10-5-6-12-11(8-10)4-3-7-14-12/h5-6,8-9,13H,3-4,7H2,1-2H3. The summed E-state index contributed by atoms with van der Waals surface area (Å²) in [6, 6.07) is 6.92. The molecule has 0 radical (unpaired) electrons. The van der Waals surface area contributed by atoms with Gasteiger partial charge in [-0.3, -0.25) is 0 Å². The molecule has 0 saturated carbocycles. The molecule has 1 unspecified atom stereocenters. The molecule has 2 heteroatoms. The van der Waals surface area contributed by atoms with E-state index in [1.807, 2.05) is 7.05 Å².